The molecule has 252 valence electrons. The van der Waals surface area contributed by atoms with Crippen LogP contribution in [0.1, 0.15) is 56.3 Å². The van der Waals surface area contributed by atoms with E-state index in [4.69, 9.17) is 4.74 Å². The Balaban J connectivity index is 1.17. The monoisotopic (exact) mass is 649 g/mol. The second-order valence-electron chi connectivity index (χ2n) is 14.4. The lowest BCUT2D eigenvalue weighted by Gasteiger charge is -2.30. The Morgan fingerprint density at radius 2 is 1.65 bits per heavy atom. The second kappa shape index (κ2) is 14.5. The van der Waals surface area contributed by atoms with E-state index >= 15 is 0 Å². The number of hydrogen-bond acceptors (Lipinski definition) is 6. The fourth-order valence-corrected chi connectivity index (χ4v) is 7.18. The minimum atomic E-state index is -0.880. The standard InChI is InChI=1S/C40H47N3O5/c1-40(2,3)42-39(47)35-23-33(48-32-18-17-27-13-7-8-14-28(27)21-32)25-43(35)24-31(44)20-30(19-26-11-5-4-6-12-26)38(46)41-37-34-16-10-9-15-29(34)22-36(37)45/h4-18,21,30-31,33,35-37,44-45H,19-20,22-25H2,1-3H3,(H,41,46)(H,42,47)/t30-,31+,33+,35+,36-,37+/m1/s1. The Morgan fingerprint density at radius 1 is 0.938 bits per heavy atom. The average molecular weight is 650 g/mol. The zero-order valence-electron chi connectivity index (χ0n) is 28.0. The Kier molecular flexibility index (Phi) is 10.2. The first-order valence-electron chi connectivity index (χ1n) is 17.0. The van der Waals surface area contributed by atoms with Crippen LogP contribution in [0.4, 0.5) is 0 Å². The third-order valence-corrected chi connectivity index (χ3v) is 9.39. The molecular formula is C40H47N3O5. The van der Waals surface area contributed by atoms with Gasteiger partial charge in [0.1, 0.15) is 11.9 Å². The molecule has 1 aliphatic carbocycles. The number of nitrogens with zero attached hydrogens (tertiary/aromatic N) is 1. The third-order valence-electron chi connectivity index (χ3n) is 9.39. The van der Waals surface area contributed by atoms with Crippen molar-refractivity contribution in [2.75, 3.05) is 13.1 Å². The second-order valence-corrected chi connectivity index (χ2v) is 14.4. The summed E-state index contributed by atoms with van der Waals surface area (Å²) in [6.07, 6.45) is -0.228. The summed E-state index contributed by atoms with van der Waals surface area (Å²) in [6, 6.07) is 30.7. The van der Waals surface area contributed by atoms with Gasteiger partial charge in [0.15, 0.2) is 0 Å². The first-order chi connectivity index (χ1) is 23.0. The number of ether oxygens (including phenoxy) is 1. The van der Waals surface area contributed by atoms with Gasteiger partial charge in [0.05, 0.1) is 24.3 Å². The van der Waals surface area contributed by atoms with E-state index in [0.29, 0.717) is 25.8 Å². The van der Waals surface area contributed by atoms with Gasteiger partial charge < -0.3 is 25.6 Å². The van der Waals surface area contributed by atoms with Crippen LogP contribution in [0, 0.1) is 5.92 Å². The van der Waals surface area contributed by atoms with E-state index in [1.807, 2.05) is 117 Å². The van der Waals surface area contributed by atoms with Gasteiger partial charge in [-0.05, 0) is 73.2 Å². The molecule has 4 N–H and O–H groups in total. The molecule has 0 aromatic heterocycles. The van der Waals surface area contributed by atoms with Crippen molar-refractivity contribution in [3.8, 4) is 5.75 Å². The molecule has 0 spiro atoms. The van der Waals surface area contributed by atoms with Crippen LogP contribution in [0.15, 0.2) is 97.1 Å². The van der Waals surface area contributed by atoms with Crippen LogP contribution >= 0.6 is 0 Å². The molecule has 4 aromatic rings. The maximum absolute atomic E-state index is 13.9. The van der Waals surface area contributed by atoms with Gasteiger partial charge in [0.25, 0.3) is 0 Å². The van der Waals surface area contributed by atoms with E-state index in [0.717, 1.165) is 33.2 Å². The van der Waals surface area contributed by atoms with E-state index in [-0.39, 0.29) is 30.9 Å². The molecule has 0 saturated carbocycles. The number of hydrogen-bond donors (Lipinski definition) is 4. The summed E-state index contributed by atoms with van der Waals surface area (Å²) >= 11 is 0. The van der Waals surface area contributed by atoms with Crippen molar-refractivity contribution in [1.82, 2.24) is 15.5 Å². The highest BCUT2D eigenvalue weighted by Gasteiger charge is 2.40. The van der Waals surface area contributed by atoms with E-state index in [2.05, 4.69) is 16.7 Å². The van der Waals surface area contributed by atoms with E-state index in [1.165, 1.54) is 0 Å². The predicted octanol–water partition coefficient (Wildman–Crippen LogP) is 4.96. The normalized spacial score (nSPS) is 22.2. The molecule has 1 aliphatic heterocycles. The molecule has 1 saturated heterocycles. The predicted molar refractivity (Wildman–Crippen MR) is 188 cm³/mol. The molecule has 0 unspecified atom stereocenters. The maximum Gasteiger partial charge on any atom is 0.237 e. The molecule has 1 fully saturated rings. The van der Waals surface area contributed by atoms with E-state index < -0.39 is 35.7 Å². The lowest BCUT2D eigenvalue weighted by atomic mass is 9.91. The molecule has 6 atom stereocenters. The first kappa shape index (κ1) is 33.7. The number of β-amino-alcohol motifs (C(OH)–C–C–N with tert-alkyl or cyclic N) is 1. The van der Waals surface area contributed by atoms with Crippen LogP contribution in [0.3, 0.4) is 0 Å². The molecule has 8 heteroatoms. The largest absolute Gasteiger partial charge is 0.489 e. The minimum absolute atomic E-state index is 0.105. The molecule has 8 nitrogen and oxygen atoms in total. The molecule has 6 rings (SSSR count). The molecule has 0 radical (unpaired) electrons. The summed E-state index contributed by atoms with van der Waals surface area (Å²) in [6.45, 7) is 6.54. The minimum Gasteiger partial charge on any atom is -0.489 e. The fraction of sp³-hybridized carbons (Fsp3) is 0.400. The first-order valence-corrected chi connectivity index (χ1v) is 17.0. The van der Waals surface area contributed by atoms with Gasteiger partial charge in [-0.3, -0.25) is 14.5 Å². The lowest BCUT2D eigenvalue weighted by molar-refractivity contribution is -0.129. The summed E-state index contributed by atoms with van der Waals surface area (Å²) in [5, 5.41) is 30.8. The van der Waals surface area contributed by atoms with Gasteiger partial charge >= 0.3 is 0 Å². The number of amides is 2. The number of carbonyl (C=O) groups is 2. The topological polar surface area (TPSA) is 111 Å². The number of aliphatic hydroxyl groups is 2. The van der Waals surface area contributed by atoms with E-state index in [1.54, 1.807) is 0 Å². The van der Waals surface area contributed by atoms with Crippen LogP contribution in [0.2, 0.25) is 0 Å². The molecule has 0 bridgehead atoms. The zero-order chi connectivity index (χ0) is 33.8. The molecule has 2 aliphatic rings. The Hall–Kier alpha value is -4.24. The third kappa shape index (κ3) is 8.24. The van der Waals surface area contributed by atoms with Crippen LogP contribution in [-0.2, 0) is 22.4 Å². The van der Waals surface area contributed by atoms with Crippen molar-refractivity contribution in [3.63, 3.8) is 0 Å². The summed E-state index contributed by atoms with van der Waals surface area (Å²) in [5.74, 6) is -0.116. The smallest absolute Gasteiger partial charge is 0.237 e. The maximum atomic E-state index is 13.9. The Labute approximate surface area is 283 Å². The van der Waals surface area contributed by atoms with Crippen LogP contribution in [0.25, 0.3) is 10.8 Å². The average Bonchev–Trinajstić information content (AvgIpc) is 3.59. The van der Waals surface area contributed by atoms with Crippen molar-refractivity contribution in [3.05, 3.63) is 114 Å². The van der Waals surface area contributed by atoms with Crippen molar-refractivity contribution >= 4 is 22.6 Å². The van der Waals surface area contributed by atoms with Crippen LogP contribution < -0.4 is 15.4 Å². The highest BCUT2D eigenvalue weighted by atomic mass is 16.5. The molecule has 1 heterocycles. The summed E-state index contributed by atoms with van der Waals surface area (Å²) in [4.78, 5) is 29.4. The molecule has 2 amide bonds. The van der Waals surface area contributed by atoms with E-state index in [9.17, 15) is 19.8 Å². The van der Waals surface area contributed by atoms with Gasteiger partial charge in [0, 0.05) is 37.4 Å². The van der Waals surface area contributed by atoms with Crippen molar-refractivity contribution < 1.29 is 24.5 Å². The van der Waals surface area contributed by atoms with Crippen molar-refractivity contribution in [1.29, 1.82) is 0 Å². The number of likely N-dealkylation sites (tertiary alicyclic amines) is 1. The van der Waals surface area contributed by atoms with Gasteiger partial charge in [-0.2, -0.15) is 0 Å². The quantitative estimate of drug-likeness (QED) is 0.183. The summed E-state index contributed by atoms with van der Waals surface area (Å²) in [7, 11) is 0. The SMILES string of the molecule is CC(C)(C)NC(=O)[C@@H]1C[C@H](Oc2ccc3ccccc3c2)CN1C[C@@H](O)C[C@@H](Cc1ccccc1)C(=O)N[C@H]1c2ccccc2C[C@H]1O. The van der Waals surface area contributed by atoms with Gasteiger partial charge in [0.2, 0.25) is 11.8 Å². The summed E-state index contributed by atoms with van der Waals surface area (Å²) in [5.41, 5.74) is 2.54. The molecular weight excluding hydrogens is 602 g/mol. The number of fused-ring (bicyclic) bond motifs is 2. The fourth-order valence-electron chi connectivity index (χ4n) is 7.18. The van der Waals surface area contributed by atoms with Gasteiger partial charge in [-0.1, -0.05) is 84.9 Å². The Bertz CT molecular complexity index is 1720. The molecule has 4 aromatic carbocycles. The van der Waals surface area contributed by atoms with Crippen LogP contribution in [-0.4, -0.2) is 69.9 Å². The number of carbonyl (C=O) groups excluding carboxylic acids is 2. The highest BCUT2D eigenvalue weighted by Crippen LogP contribution is 2.32. The molecule has 48 heavy (non-hydrogen) atoms. The van der Waals surface area contributed by atoms with Gasteiger partial charge in [-0.25, -0.2) is 0 Å². The van der Waals surface area contributed by atoms with Crippen molar-refractivity contribution in [2.45, 2.75) is 82.4 Å². The van der Waals surface area contributed by atoms with Crippen molar-refractivity contribution in [2.24, 2.45) is 5.92 Å². The zero-order valence-corrected chi connectivity index (χ0v) is 28.0. The highest BCUT2D eigenvalue weighted by molar-refractivity contribution is 5.84. The number of rotatable bonds is 11. The number of benzene rings is 4. The number of aliphatic hydroxyl groups excluding tert-OH is 2. The lowest BCUT2D eigenvalue weighted by Crippen LogP contribution is -2.51. The summed E-state index contributed by atoms with van der Waals surface area (Å²) < 4.78 is 6.43. The van der Waals surface area contributed by atoms with Gasteiger partial charge in [-0.15, -0.1) is 0 Å². The number of nitrogens with one attached hydrogen (secondary N) is 2. The van der Waals surface area contributed by atoms with Crippen LogP contribution in [0.5, 0.6) is 5.75 Å². The Morgan fingerprint density at radius 3 is 2.42 bits per heavy atom.